The summed E-state index contributed by atoms with van der Waals surface area (Å²) in [6.45, 7) is 4.53. The van der Waals surface area contributed by atoms with Crippen LogP contribution < -0.4 is 0 Å². The zero-order valence-electron chi connectivity index (χ0n) is 8.11. The molecule has 0 radical (unpaired) electrons. The topological polar surface area (TPSA) is 0 Å². The molecule has 0 aromatic carbocycles. The Balaban J connectivity index is 2.12. The van der Waals surface area contributed by atoms with E-state index < -0.39 is 0 Å². The summed E-state index contributed by atoms with van der Waals surface area (Å²) in [7, 11) is 0. The lowest BCUT2D eigenvalue weighted by Gasteiger charge is -2.40. The summed E-state index contributed by atoms with van der Waals surface area (Å²) in [6.07, 6.45) is 5.47. The molecule has 1 aliphatic carbocycles. The molecule has 0 saturated heterocycles. The molecule has 0 nitrogen and oxygen atoms in total. The van der Waals surface area contributed by atoms with Gasteiger partial charge in [-0.05, 0) is 35.7 Å². The second kappa shape index (κ2) is 4.76. The molecule has 72 valence electrons. The Morgan fingerprint density at radius 2 is 2.08 bits per heavy atom. The van der Waals surface area contributed by atoms with Crippen molar-refractivity contribution >= 4 is 23.4 Å². The summed E-state index contributed by atoms with van der Waals surface area (Å²) in [4.78, 5) is 0. The van der Waals surface area contributed by atoms with Crippen molar-refractivity contribution in [3.8, 4) is 0 Å². The number of alkyl halides is 1. The minimum Gasteiger partial charge on any atom is -0.159 e. The molecule has 1 rings (SSSR count). The highest BCUT2D eigenvalue weighted by molar-refractivity contribution is 7.99. The molecule has 0 spiro atoms. The van der Waals surface area contributed by atoms with Crippen molar-refractivity contribution in [1.29, 1.82) is 0 Å². The van der Waals surface area contributed by atoms with E-state index in [1.807, 2.05) is 0 Å². The lowest BCUT2D eigenvalue weighted by atomic mass is 9.68. The van der Waals surface area contributed by atoms with Crippen molar-refractivity contribution in [2.24, 2.45) is 5.41 Å². The normalized spacial score (nSPS) is 21.0. The Morgan fingerprint density at radius 3 is 2.42 bits per heavy atom. The van der Waals surface area contributed by atoms with Gasteiger partial charge in [0.2, 0.25) is 0 Å². The first-order valence-corrected chi connectivity index (χ1v) is 6.44. The van der Waals surface area contributed by atoms with Gasteiger partial charge in [-0.15, -0.1) is 11.6 Å². The molecule has 0 unspecified atom stereocenters. The van der Waals surface area contributed by atoms with E-state index in [1.54, 1.807) is 0 Å². The van der Waals surface area contributed by atoms with E-state index in [-0.39, 0.29) is 0 Å². The number of halogens is 1. The molecule has 12 heavy (non-hydrogen) atoms. The van der Waals surface area contributed by atoms with Crippen LogP contribution in [-0.2, 0) is 0 Å². The van der Waals surface area contributed by atoms with E-state index in [0.717, 1.165) is 11.1 Å². The third-order valence-corrected chi connectivity index (χ3v) is 4.45. The van der Waals surface area contributed by atoms with Crippen LogP contribution >= 0.6 is 23.4 Å². The van der Waals surface area contributed by atoms with Gasteiger partial charge >= 0.3 is 0 Å². The quantitative estimate of drug-likeness (QED) is 0.615. The molecule has 0 bridgehead atoms. The molecule has 0 N–H and O–H groups in total. The highest BCUT2D eigenvalue weighted by atomic mass is 35.5. The molecule has 1 aliphatic rings. The van der Waals surface area contributed by atoms with Gasteiger partial charge in [-0.2, -0.15) is 11.8 Å². The van der Waals surface area contributed by atoms with Gasteiger partial charge in [-0.1, -0.05) is 20.3 Å². The van der Waals surface area contributed by atoms with E-state index in [2.05, 4.69) is 25.6 Å². The van der Waals surface area contributed by atoms with Gasteiger partial charge < -0.3 is 0 Å². The molecule has 0 aromatic rings. The maximum atomic E-state index is 5.97. The average molecular weight is 207 g/mol. The van der Waals surface area contributed by atoms with Crippen LogP contribution in [0.5, 0.6) is 0 Å². The first-order valence-electron chi connectivity index (χ1n) is 4.86. The lowest BCUT2D eigenvalue weighted by Crippen LogP contribution is -2.31. The van der Waals surface area contributed by atoms with Gasteiger partial charge in [0, 0.05) is 5.88 Å². The molecular formula is C10H19ClS. The van der Waals surface area contributed by atoms with Crippen molar-refractivity contribution in [1.82, 2.24) is 0 Å². The highest BCUT2D eigenvalue weighted by Crippen LogP contribution is 2.45. The fourth-order valence-electron chi connectivity index (χ4n) is 1.64. The van der Waals surface area contributed by atoms with Crippen LogP contribution in [0.4, 0.5) is 0 Å². The largest absolute Gasteiger partial charge is 0.159 e. The van der Waals surface area contributed by atoms with E-state index in [0.29, 0.717) is 5.41 Å². The molecular weight excluding hydrogens is 188 g/mol. The zero-order chi connectivity index (χ0) is 9.03. The van der Waals surface area contributed by atoms with Crippen LogP contribution in [0, 0.1) is 5.41 Å². The molecule has 1 saturated carbocycles. The summed E-state index contributed by atoms with van der Waals surface area (Å²) >= 11 is 8.03. The predicted molar refractivity (Wildman–Crippen MR) is 59.2 cm³/mol. The Bertz CT molecular complexity index is 124. The van der Waals surface area contributed by atoms with Crippen LogP contribution in [0.2, 0.25) is 0 Å². The minimum atomic E-state index is 0.545. The maximum absolute atomic E-state index is 5.97. The molecule has 1 fully saturated rings. The lowest BCUT2D eigenvalue weighted by molar-refractivity contribution is 0.161. The maximum Gasteiger partial charge on any atom is 0.0280 e. The van der Waals surface area contributed by atoms with Gasteiger partial charge in [-0.25, -0.2) is 0 Å². The smallest absolute Gasteiger partial charge is 0.0280 e. The van der Waals surface area contributed by atoms with E-state index in [4.69, 9.17) is 11.6 Å². The molecule has 2 heteroatoms. The number of hydrogen-bond acceptors (Lipinski definition) is 1. The van der Waals surface area contributed by atoms with Gasteiger partial charge in [0.25, 0.3) is 0 Å². The minimum absolute atomic E-state index is 0.545. The Morgan fingerprint density at radius 1 is 1.42 bits per heavy atom. The number of thioether (sulfide) groups is 1. The van der Waals surface area contributed by atoms with Crippen LogP contribution in [0.3, 0.4) is 0 Å². The third-order valence-electron chi connectivity index (χ3n) is 2.78. The van der Waals surface area contributed by atoms with Gasteiger partial charge in [0.1, 0.15) is 0 Å². The van der Waals surface area contributed by atoms with Crippen molar-refractivity contribution in [3.63, 3.8) is 0 Å². The highest BCUT2D eigenvalue weighted by Gasteiger charge is 2.35. The van der Waals surface area contributed by atoms with Crippen molar-refractivity contribution in [3.05, 3.63) is 0 Å². The predicted octanol–water partition coefficient (Wildman–Crippen LogP) is 3.93. The standard InChI is InChI=1S/C10H19ClS/c1-9(2)12-7-6-10(8-11)4-3-5-10/h9H,3-8H2,1-2H3. The fourth-order valence-corrected chi connectivity index (χ4v) is 3.06. The summed E-state index contributed by atoms with van der Waals surface area (Å²) < 4.78 is 0. The molecule has 0 amide bonds. The third kappa shape index (κ3) is 2.85. The monoisotopic (exact) mass is 206 g/mol. The molecule has 0 atom stereocenters. The van der Waals surface area contributed by atoms with Gasteiger partial charge in [0.15, 0.2) is 0 Å². The van der Waals surface area contributed by atoms with Crippen LogP contribution in [0.1, 0.15) is 39.5 Å². The molecule has 0 aromatic heterocycles. The SMILES string of the molecule is CC(C)SCCC1(CCl)CCC1. The average Bonchev–Trinajstić information content (AvgIpc) is 1.94. The Labute approximate surface area is 85.4 Å². The van der Waals surface area contributed by atoms with E-state index >= 15 is 0 Å². The number of rotatable bonds is 5. The first kappa shape index (κ1) is 10.7. The Hall–Kier alpha value is 0.640. The van der Waals surface area contributed by atoms with Gasteiger partial charge in [-0.3, -0.25) is 0 Å². The second-order valence-corrected chi connectivity index (χ2v) is 6.11. The van der Waals surface area contributed by atoms with Crippen LogP contribution in [-0.4, -0.2) is 16.9 Å². The number of hydrogen-bond donors (Lipinski definition) is 0. The van der Waals surface area contributed by atoms with Crippen molar-refractivity contribution in [2.75, 3.05) is 11.6 Å². The second-order valence-electron chi connectivity index (χ2n) is 4.16. The van der Waals surface area contributed by atoms with Crippen molar-refractivity contribution in [2.45, 2.75) is 44.8 Å². The van der Waals surface area contributed by atoms with Crippen LogP contribution in [0.15, 0.2) is 0 Å². The molecule has 0 aliphatic heterocycles. The zero-order valence-corrected chi connectivity index (χ0v) is 9.68. The van der Waals surface area contributed by atoms with Crippen molar-refractivity contribution < 1.29 is 0 Å². The Kier molecular flexibility index (Phi) is 4.25. The first-order chi connectivity index (χ1) is 5.68. The summed E-state index contributed by atoms with van der Waals surface area (Å²) in [6, 6.07) is 0. The molecule has 0 heterocycles. The van der Waals surface area contributed by atoms with E-state index in [9.17, 15) is 0 Å². The van der Waals surface area contributed by atoms with Crippen LogP contribution in [0.25, 0.3) is 0 Å². The fraction of sp³-hybridized carbons (Fsp3) is 1.00. The van der Waals surface area contributed by atoms with E-state index in [1.165, 1.54) is 31.4 Å². The summed E-state index contributed by atoms with van der Waals surface area (Å²) in [5, 5.41) is 0.775. The summed E-state index contributed by atoms with van der Waals surface area (Å²) in [5.41, 5.74) is 0.545. The van der Waals surface area contributed by atoms with Gasteiger partial charge in [0.05, 0.1) is 0 Å². The summed E-state index contributed by atoms with van der Waals surface area (Å²) in [5.74, 6) is 2.18.